The molecule has 4 heterocycles. The number of hydrogen-bond donors (Lipinski definition) is 0. The Morgan fingerprint density at radius 3 is 2.33 bits per heavy atom. The fourth-order valence-corrected chi connectivity index (χ4v) is 8.52. The molecular formula is C34H39F6N5O3S. The molecule has 3 aromatic rings. The van der Waals surface area contributed by atoms with E-state index in [0.717, 1.165) is 18.2 Å². The minimum Gasteiger partial charge on any atom is -0.444 e. The lowest BCUT2D eigenvalue weighted by atomic mass is 9.91. The molecule has 3 aliphatic rings. The van der Waals surface area contributed by atoms with E-state index in [1.54, 1.807) is 42.4 Å². The van der Waals surface area contributed by atoms with Crippen LogP contribution in [0.1, 0.15) is 52.6 Å². The highest BCUT2D eigenvalue weighted by molar-refractivity contribution is 7.99. The van der Waals surface area contributed by atoms with Gasteiger partial charge in [0.25, 0.3) is 6.43 Å². The second-order valence-electron chi connectivity index (χ2n) is 14.3. The molecule has 0 saturated carbocycles. The largest absolute Gasteiger partial charge is 0.444 e. The summed E-state index contributed by atoms with van der Waals surface area (Å²) >= 11 is 1.21. The van der Waals surface area contributed by atoms with Gasteiger partial charge in [-0.2, -0.15) is 18.2 Å². The molecule has 0 radical (unpaired) electrons. The van der Waals surface area contributed by atoms with Gasteiger partial charge in [-0.1, -0.05) is 12.1 Å². The number of alkyl halides is 5. The van der Waals surface area contributed by atoms with Crippen LogP contribution in [-0.4, -0.2) is 88.0 Å². The molecule has 0 aliphatic carbocycles. The first-order valence-electron chi connectivity index (χ1n) is 16.3. The number of carbonyl (C=O) groups excluding carboxylic acids is 1. The monoisotopic (exact) mass is 711 g/mol. The topological polar surface area (TPSA) is 70.9 Å². The predicted octanol–water partition coefficient (Wildman–Crippen LogP) is 7.29. The highest BCUT2D eigenvalue weighted by Crippen LogP contribution is 2.51. The maximum Gasteiger partial charge on any atom is 0.417 e. The Labute approximate surface area is 284 Å². The number of aromatic nitrogens is 2. The van der Waals surface area contributed by atoms with Crippen LogP contribution in [-0.2, 0) is 10.9 Å². The number of nitrogens with zero attached hydrogens (tertiary/aromatic N) is 5. The molecule has 266 valence electrons. The van der Waals surface area contributed by atoms with Crippen LogP contribution in [0.15, 0.2) is 40.0 Å². The van der Waals surface area contributed by atoms with Gasteiger partial charge in [0.2, 0.25) is 0 Å². The van der Waals surface area contributed by atoms with Gasteiger partial charge in [0.15, 0.2) is 0 Å². The molecule has 6 rings (SSSR count). The summed E-state index contributed by atoms with van der Waals surface area (Å²) in [4.78, 5) is 36.7. The van der Waals surface area contributed by atoms with Crippen molar-refractivity contribution in [3.8, 4) is 11.1 Å². The van der Waals surface area contributed by atoms with Crippen molar-refractivity contribution in [1.82, 2.24) is 19.4 Å². The van der Waals surface area contributed by atoms with E-state index in [1.807, 2.05) is 6.92 Å². The number of halogens is 6. The van der Waals surface area contributed by atoms with Crippen molar-refractivity contribution < 1.29 is 35.9 Å². The smallest absolute Gasteiger partial charge is 0.417 e. The zero-order valence-electron chi connectivity index (χ0n) is 27.9. The Hall–Kier alpha value is -3.46. The number of thioether (sulfide) groups is 1. The van der Waals surface area contributed by atoms with Crippen molar-refractivity contribution in [3.63, 3.8) is 0 Å². The number of benzene rings is 2. The maximum absolute atomic E-state index is 15.0. The van der Waals surface area contributed by atoms with Crippen LogP contribution in [0.3, 0.4) is 0 Å². The Balaban J connectivity index is 1.49. The Kier molecular flexibility index (Phi) is 9.40. The van der Waals surface area contributed by atoms with Crippen LogP contribution in [0, 0.1) is 11.7 Å². The third-order valence-electron chi connectivity index (χ3n) is 9.29. The van der Waals surface area contributed by atoms with Crippen molar-refractivity contribution in [2.24, 2.45) is 5.92 Å². The molecule has 1 aromatic heterocycles. The van der Waals surface area contributed by atoms with Crippen LogP contribution >= 0.6 is 11.8 Å². The summed E-state index contributed by atoms with van der Waals surface area (Å²) in [6, 6.07) is 4.53. The molecular weight excluding hydrogens is 672 g/mol. The van der Waals surface area contributed by atoms with Crippen LogP contribution in [0.5, 0.6) is 0 Å². The average Bonchev–Trinajstić information content (AvgIpc) is 2.97. The summed E-state index contributed by atoms with van der Waals surface area (Å²) < 4.78 is 91.7. The van der Waals surface area contributed by atoms with Gasteiger partial charge in [0, 0.05) is 65.9 Å². The average molecular weight is 712 g/mol. The lowest BCUT2D eigenvalue weighted by Gasteiger charge is -2.45. The number of amides is 1. The molecule has 2 saturated heterocycles. The zero-order chi connectivity index (χ0) is 35.6. The molecule has 3 aliphatic heterocycles. The summed E-state index contributed by atoms with van der Waals surface area (Å²) in [5.41, 5.74) is -1.97. The molecule has 0 spiro atoms. The highest BCUT2D eigenvalue weighted by Gasteiger charge is 2.42. The van der Waals surface area contributed by atoms with Gasteiger partial charge in [0.05, 0.1) is 17.6 Å². The highest BCUT2D eigenvalue weighted by atomic mass is 32.2. The van der Waals surface area contributed by atoms with Crippen LogP contribution < -0.4 is 10.6 Å². The van der Waals surface area contributed by atoms with Crippen molar-refractivity contribution in [2.75, 3.05) is 43.4 Å². The fraction of sp³-hybridized carbons (Fsp3) is 0.559. The van der Waals surface area contributed by atoms with E-state index in [9.17, 15) is 35.9 Å². The normalized spacial score (nSPS) is 22.2. The minimum absolute atomic E-state index is 0.0281. The molecule has 1 amide bonds. The number of rotatable bonds is 6. The van der Waals surface area contributed by atoms with E-state index in [1.165, 1.54) is 28.5 Å². The van der Waals surface area contributed by atoms with E-state index >= 15 is 0 Å². The van der Waals surface area contributed by atoms with E-state index in [-0.39, 0.29) is 58.5 Å². The predicted molar refractivity (Wildman–Crippen MR) is 176 cm³/mol. The summed E-state index contributed by atoms with van der Waals surface area (Å²) in [5, 5.41) is 0.141. The molecule has 15 heteroatoms. The van der Waals surface area contributed by atoms with Crippen molar-refractivity contribution in [2.45, 2.75) is 82.3 Å². The standard InChI is InChI=1S/C34H39F6N5O3S/c1-18-13-44(32(47)48-33(3,4)5)19(2)12-43(18)30-24-11-25(34(38,39)40)27(21-6-8-22(35)9-7-21)29-28(24)45(31(46)41-30)23(17-49-29)10-20-14-42(15-20)16-26(36)37/h6-9,11,18-20,23,26H,10,12-17H2,1-5H3/t18-,19+,23-/m0/s1. The van der Waals surface area contributed by atoms with E-state index in [0.29, 0.717) is 25.0 Å². The molecule has 2 fully saturated rings. The van der Waals surface area contributed by atoms with E-state index < -0.39 is 59.5 Å². The molecule has 0 unspecified atom stereocenters. The Morgan fingerprint density at radius 2 is 1.71 bits per heavy atom. The Morgan fingerprint density at radius 1 is 1.04 bits per heavy atom. The lowest BCUT2D eigenvalue weighted by Crippen LogP contribution is -2.59. The first-order valence-corrected chi connectivity index (χ1v) is 17.3. The molecule has 0 bridgehead atoms. The number of ether oxygens (including phenoxy) is 1. The number of carbonyl (C=O) groups is 1. The van der Waals surface area contributed by atoms with E-state index in [2.05, 4.69) is 4.98 Å². The third kappa shape index (κ3) is 7.10. The quantitative estimate of drug-likeness (QED) is 0.249. The number of anilines is 1. The van der Waals surface area contributed by atoms with Gasteiger partial charge in [-0.15, -0.1) is 11.8 Å². The lowest BCUT2D eigenvalue weighted by molar-refractivity contribution is -0.137. The third-order valence-corrected chi connectivity index (χ3v) is 10.5. The molecule has 8 nitrogen and oxygen atoms in total. The molecule has 0 N–H and O–H groups in total. The molecule has 3 atom stereocenters. The maximum atomic E-state index is 15.0. The van der Waals surface area contributed by atoms with Gasteiger partial charge in [0.1, 0.15) is 17.2 Å². The van der Waals surface area contributed by atoms with Gasteiger partial charge >= 0.3 is 18.0 Å². The first kappa shape index (κ1) is 35.4. The number of hydrogen-bond acceptors (Lipinski definition) is 7. The minimum atomic E-state index is -4.81. The van der Waals surface area contributed by atoms with Crippen molar-refractivity contribution in [3.05, 3.63) is 52.2 Å². The van der Waals surface area contributed by atoms with Crippen molar-refractivity contribution >= 4 is 34.6 Å². The zero-order valence-corrected chi connectivity index (χ0v) is 28.7. The van der Waals surface area contributed by atoms with Crippen LogP contribution in [0.25, 0.3) is 22.0 Å². The summed E-state index contributed by atoms with van der Waals surface area (Å²) in [6.45, 7) is 9.80. The van der Waals surface area contributed by atoms with Gasteiger partial charge in [-0.25, -0.2) is 22.8 Å². The second-order valence-corrected chi connectivity index (χ2v) is 15.3. The second kappa shape index (κ2) is 13.0. The molecule has 2 aromatic carbocycles. The number of likely N-dealkylation sites (tertiary alicyclic amines) is 1. The SMILES string of the molecule is C[C@@H]1CN(c2nc(=O)n3c4c(c(-c5ccc(F)cc5)c(C(F)(F)F)cc24)SC[C@@H]3CC2CN(CC(F)F)C2)[C@@H](C)CN1C(=O)OC(C)(C)C. The van der Waals surface area contributed by atoms with Gasteiger partial charge < -0.3 is 14.5 Å². The van der Waals surface area contributed by atoms with Crippen molar-refractivity contribution in [1.29, 1.82) is 0 Å². The van der Waals surface area contributed by atoms with E-state index in [4.69, 9.17) is 4.74 Å². The Bertz CT molecular complexity index is 1790. The number of piperazine rings is 1. The summed E-state index contributed by atoms with van der Waals surface area (Å²) in [7, 11) is 0. The van der Waals surface area contributed by atoms with Crippen LogP contribution in [0.4, 0.5) is 37.0 Å². The van der Waals surface area contributed by atoms with Crippen LogP contribution in [0.2, 0.25) is 0 Å². The van der Waals surface area contributed by atoms with Gasteiger partial charge in [-0.3, -0.25) is 9.47 Å². The first-order chi connectivity index (χ1) is 22.9. The summed E-state index contributed by atoms with van der Waals surface area (Å²) in [5.74, 6) is -0.214. The molecule has 49 heavy (non-hydrogen) atoms. The van der Waals surface area contributed by atoms with Gasteiger partial charge in [-0.05, 0) is 70.7 Å². The summed E-state index contributed by atoms with van der Waals surface area (Å²) in [6.07, 6.45) is -7.31. The fourth-order valence-electron chi connectivity index (χ4n) is 7.16.